The number of aromatic nitrogens is 6. The number of pyridine rings is 2. The molecule has 36 heavy (non-hydrogen) atoms. The van der Waals surface area contributed by atoms with E-state index in [9.17, 15) is 0 Å². The van der Waals surface area contributed by atoms with Gasteiger partial charge in [0.15, 0.2) is 10.3 Å². The van der Waals surface area contributed by atoms with E-state index >= 15 is 0 Å². The van der Waals surface area contributed by atoms with Gasteiger partial charge in [0.05, 0.1) is 17.2 Å². The summed E-state index contributed by atoms with van der Waals surface area (Å²) in [7, 11) is 1.90. The van der Waals surface area contributed by atoms with Gasteiger partial charge in [-0.15, -0.1) is 22.7 Å². The number of hydrogen-bond donors (Lipinski definition) is 2. The van der Waals surface area contributed by atoms with E-state index in [1.165, 1.54) is 9.75 Å². The van der Waals surface area contributed by atoms with Crippen LogP contribution >= 0.6 is 22.7 Å². The van der Waals surface area contributed by atoms with Crippen LogP contribution in [0.3, 0.4) is 0 Å². The first-order valence-corrected chi connectivity index (χ1v) is 13.6. The molecule has 0 aromatic carbocycles. The highest BCUT2D eigenvalue weighted by atomic mass is 32.1. The van der Waals surface area contributed by atoms with Crippen LogP contribution in [0.5, 0.6) is 0 Å². The number of nitrogens with two attached hydrogens (primary N) is 1. The summed E-state index contributed by atoms with van der Waals surface area (Å²) in [6.45, 7) is 8.81. The summed E-state index contributed by atoms with van der Waals surface area (Å²) < 4.78 is 1.78. The van der Waals surface area contributed by atoms with E-state index in [1.54, 1.807) is 27.4 Å². The van der Waals surface area contributed by atoms with Crippen molar-refractivity contribution in [1.29, 1.82) is 0 Å². The number of aryl methyl sites for hydroxylation is 1. The second kappa shape index (κ2) is 11.6. The average molecular weight is 521 g/mol. The van der Waals surface area contributed by atoms with Crippen LogP contribution in [-0.2, 0) is 19.9 Å². The minimum Gasteiger partial charge on any atom is -0.375 e. The molecule has 0 aliphatic rings. The predicted molar refractivity (Wildman–Crippen MR) is 151 cm³/mol. The van der Waals surface area contributed by atoms with E-state index < -0.39 is 0 Å². The van der Waals surface area contributed by atoms with Crippen molar-refractivity contribution in [2.24, 2.45) is 18.9 Å². The van der Waals surface area contributed by atoms with Gasteiger partial charge in [-0.3, -0.25) is 9.67 Å². The molecular weight excluding hydrogens is 488 g/mol. The van der Waals surface area contributed by atoms with Crippen molar-refractivity contribution in [3.63, 3.8) is 0 Å². The van der Waals surface area contributed by atoms with Gasteiger partial charge in [0, 0.05) is 52.7 Å². The monoisotopic (exact) mass is 520 g/mol. The fourth-order valence-electron chi connectivity index (χ4n) is 3.60. The van der Waals surface area contributed by atoms with Gasteiger partial charge in [-0.2, -0.15) is 5.10 Å². The van der Waals surface area contributed by atoms with Gasteiger partial charge >= 0.3 is 0 Å². The fraction of sp³-hybridized carbons (Fsp3) is 0.346. The lowest BCUT2D eigenvalue weighted by molar-refractivity contribution is 0.653. The molecule has 0 spiro atoms. The highest BCUT2D eigenvalue weighted by Crippen LogP contribution is 2.26. The Kier molecular flexibility index (Phi) is 8.27. The summed E-state index contributed by atoms with van der Waals surface area (Å²) >= 11 is 3.26. The minimum atomic E-state index is 0.624. The van der Waals surface area contributed by atoms with Crippen molar-refractivity contribution < 1.29 is 0 Å². The lowest BCUT2D eigenvalue weighted by atomic mass is 10.1. The summed E-state index contributed by atoms with van der Waals surface area (Å²) in [5.41, 5.74) is 9.20. The average Bonchev–Trinajstić information content (AvgIpc) is 3.55. The van der Waals surface area contributed by atoms with Crippen LogP contribution in [0.2, 0.25) is 0 Å². The minimum absolute atomic E-state index is 0.624. The standard InChI is InChI=1S/C19H20N6S.C7H12N2S/c1-12(2)6-15-10-21-19(26-15)24-18-5-4-16-17(23-18)7-13(8-20-16)14-9-22-25(3)11-14;1-5(2)3-6-4-9-7(8)10-6/h4-5,7-12H,6H2,1-3H3,(H,21,23,24);4-5H,3H2,1-2H3,(H2,8,9). The summed E-state index contributed by atoms with van der Waals surface area (Å²) in [4.78, 5) is 20.2. The zero-order valence-electron chi connectivity index (χ0n) is 21.3. The topological polar surface area (TPSA) is 107 Å². The molecule has 5 heterocycles. The third-order valence-electron chi connectivity index (χ3n) is 5.15. The highest BCUT2D eigenvalue weighted by molar-refractivity contribution is 7.15. The van der Waals surface area contributed by atoms with Gasteiger partial charge in [0.2, 0.25) is 0 Å². The number of rotatable bonds is 7. The van der Waals surface area contributed by atoms with E-state index in [2.05, 4.69) is 53.1 Å². The molecule has 0 saturated carbocycles. The molecule has 5 aromatic rings. The van der Waals surface area contributed by atoms with Crippen molar-refractivity contribution >= 4 is 49.8 Å². The third kappa shape index (κ3) is 7.08. The van der Waals surface area contributed by atoms with Crippen LogP contribution in [0.4, 0.5) is 16.1 Å². The van der Waals surface area contributed by atoms with E-state index in [1.807, 2.05) is 56.2 Å². The normalized spacial score (nSPS) is 11.2. The zero-order chi connectivity index (χ0) is 25.7. The Morgan fingerprint density at radius 2 is 1.58 bits per heavy atom. The molecule has 0 aliphatic carbocycles. The van der Waals surface area contributed by atoms with E-state index in [4.69, 9.17) is 10.7 Å². The van der Waals surface area contributed by atoms with Crippen molar-refractivity contribution in [2.75, 3.05) is 11.1 Å². The largest absolute Gasteiger partial charge is 0.375 e. The van der Waals surface area contributed by atoms with Crippen LogP contribution in [0.1, 0.15) is 37.4 Å². The maximum absolute atomic E-state index is 5.46. The molecule has 10 heteroatoms. The first-order valence-electron chi connectivity index (χ1n) is 11.9. The molecule has 0 fully saturated rings. The van der Waals surface area contributed by atoms with Crippen LogP contribution in [-0.4, -0.2) is 29.7 Å². The molecule has 5 rings (SSSR count). The molecule has 0 radical (unpaired) electrons. The summed E-state index contributed by atoms with van der Waals surface area (Å²) in [5, 5.41) is 9.06. The van der Waals surface area contributed by atoms with Crippen LogP contribution in [0.15, 0.2) is 49.2 Å². The number of anilines is 3. The number of fused-ring (bicyclic) bond motifs is 1. The summed E-state index contributed by atoms with van der Waals surface area (Å²) in [6, 6.07) is 5.94. The van der Waals surface area contributed by atoms with E-state index in [0.29, 0.717) is 17.0 Å². The Morgan fingerprint density at radius 3 is 2.22 bits per heavy atom. The Labute approximate surface area is 219 Å². The molecule has 0 saturated heterocycles. The second-order valence-electron chi connectivity index (χ2n) is 9.48. The number of hydrogen-bond acceptors (Lipinski definition) is 9. The molecule has 0 atom stereocenters. The number of nitrogens with zero attached hydrogens (tertiary/aromatic N) is 6. The quantitative estimate of drug-likeness (QED) is 0.257. The second-order valence-corrected chi connectivity index (χ2v) is 11.7. The Bertz CT molecular complexity index is 1420. The maximum Gasteiger partial charge on any atom is 0.188 e. The van der Waals surface area contributed by atoms with E-state index in [-0.39, 0.29) is 0 Å². The van der Waals surface area contributed by atoms with Crippen molar-refractivity contribution in [3.05, 3.63) is 58.9 Å². The molecular formula is C26H32N8S2. The number of nitrogen functional groups attached to an aromatic ring is 1. The van der Waals surface area contributed by atoms with Crippen molar-refractivity contribution in [2.45, 2.75) is 40.5 Å². The van der Waals surface area contributed by atoms with Crippen LogP contribution < -0.4 is 11.1 Å². The number of thiazole rings is 2. The van der Waals surface area contributed by atoms with Gasteiger partial charge in [0.25, 0.3) is 0 Å². The zero-order valence-corrected chi connectivity index (χ0v) is 22.9. The molecule has 5 aromatic heterocycles. The molecule has 0 bridgehead atoms. The Balaban J connectivity index is 0.000000256. The fourth-order valence-corrected chi connectivity index (χ4v) is 5.52. The smallest absolute Gasteiger partial charge is 0.188 e. The van der Waals surface area contributed by atoms with Gasteiger partial charge in [-0.05, 0) is 42.9 Å². The van der Waals surface area contributed by atoms with Gasteiger partial charge in [-0.1, -0.05) is 27.7 Å². The van der Waals surface area contributed by atoms with Gasteiger partial charge in [0.1, 0.15) is 5.82 Å². The Hall–Kier alpha value is -3.37. The summed E-state index contributed by atoms with van der Waals surface area (Å²) in [5.74, 6) is 2.09. The molecule has 0 amide bonds. The SMILES string of the molecule is CC(C)Cc1cnc(N)s1.CC(C)Cc1cnc(Nc2ccc3ncc(-c4cnn(C)c4)cc3n2)s1. The Morgan fingerprint density at radius 1 is 0.861 bits per heavy atom. The molecule has 0 unspecified atom stereocenters. The predicted octanol–water partition coefficient (Wildman–Crippen LogP) is 6.35. The molecule has 0 aliphatic heterocycles. The lowest BCUT2D eigenvalue weighted by Gasteiger charge is -2.05. The molecule has 8 nitrogen and oxygen atoms in total. The van der Waals surface area contributed by atoms with Crippen LogP contribution in [0.25, 0.3) is 22.2 Å². The van der Waals surface area contributed by atoms with Crippen molar-refractivity contribution in [1.82, 2.24) is 29.7 Å². The molecule has 188 valence electrons. The number of nitrogens with one attached hydrogen (secondary N) is 1. The van der Waals surface area contributed by atoms with Gasteiger partial charge in [-0.25, -0.2) is 15.0 Å². The first kappa shape index (κ1) is 25.7. The highest BCUT2D eigenvalue weighted by Gasteiger charge is 2.08. The summed E-state index contributed by atoms with van der Waals surface area (Å²) in [6.07, 6.45) is 11.6. The van der Waals surface area contributed by atoms with E-state index in [0.717, 1.165) is 46.0 Å². The third-order valence-corrected chi connectivity index (χ3v) is 6.94. The molecule has 3 N–H and O–H groups in total. The first-order chi connectivity index (χ1) is 17.2. The maximum atomic E-state index is 5.46. The van der Waals surface area contributed by atoms with Crippen LogP contribution in [0, 0.1) is 11.8 Å². The van der Waals surface area contributed by atoms with Gasteiger partial charge < -0.3 is 11.1 Å². The van der Waals surface area contributed by atoms with Crippen molar-refractivity contribution in [3.8, 4) is 11.1 Å². The lowest BCUT2D eigenvalue weighted by Crippen LogP contribution is -1.94.